The third kappa shape index (κ3) is 3.00. The lowest BCUT2D eigenvalue weighted by Crippen LogP contribution is -2.36. The highest BCUT2D eigenvalue weighted by molar-refractivity contribution is 5.61. The third-order valence-electron chi connectivity index (χ3n) is 4.06. The van der Waals surface area contributed by atoms with E-state index < -0.39 is 0 Å². The lowest BCUT2D eigenvalue weighted by Gasteiger charge is -2.31. The smallest absolute Gasteiger partial charge is 0.252 e. The van der Waals surface area contributed by atoms with E-state index in [2.05, 4.69) is 31.8 Å². The molecule has 1 unspecified atom stereocenters. The maximum atomic E-state index is 12.0. The predicted molar refractivity (Wildman–Crippen MR) is 86.0 cm³/mol. The van der Waals surface area contributed by atoms with E-state index in [-0.39, 0.29) is 5.56 Å². The van der Waals surface area contributed by atoms with Crippen LogP contribution in [0.1, 0.15) is 31.3 Å². The normalized spacial score (nSPS) is 18.5. The van der Waals surface area contributed by atoms with Gasteiger partial charge in [-0.05, 0) is 32.6 Å². The van der Waals surface area contributed by atoms with E-state index in [1.165, 1.54) is 12.5 Å². The van der Waals surface area contributed by atoms with Gasteiger partial charge in [0.25, 0.3) is 5.56 Å². The number of aromatic amines is 1. The second-order valence-corrected chi connectivity index (χ2v) is 6.06. The van der Waals surface area contributed by atoms with Gasteiger partial charge < -0.3 is 4.90 Å². The van der Waals surface area contributed by atoms with Crippen molar-refractivity contribution in [1.29, 1.82) is 0 Å². The summed E-state index contributed by atoms with van der Waals surface area (Å²) in [4.78, 5) is 30.3. The van der Waals surface area contributed by atoms with Crippen LogP contribution in [0.15, 0.2) is 17.1 Å². The van der Waals surface area contributed by atoms with Crippen molar-refractivity contribution in [3.05, 3.63) is 34.1 Å². The minimum Gasteiger partial charge on any atom is -0.342 e. The Morgan fingerprint density at radius 2 is 2.14 bits per heavy atom. The monoisotopic (exact) mass is 299 g/mol. The number of rotatable bonds is 2. The highest BCUT2D eigenvalue weighted by Crippen LogP contribution is 2.23. The van der Waals surface area contributed by atoms with Gasteiger partial charge in [-0.25, -0.2) is 15.0 Å². The number of aryl methyl sites for hydroxylation is 2. The average Bonchev–Trinajstić information content (AvgIpc) is 2.46. The molecule has 6 nitrogen and oxygen atoms in total. The van der Waals surface area contributed by atoms with Crippen LogP contribution in [0, 0.1) is 19.8 Å². The van der Waals surface area contributed by atoms with Gasteiger partial charge in [0.15, 0.2) is 0 Å². The fourth-order valence-corrected chi connectivity index (χ4v) is 2.95. The van der Waals surface area contributed by atoms with E-state index in [0.29, 0.717) is 17.6 Å². The Bertz CT molecular complexity index is 740. The van der Waals surface area contributed by atoms with E-state index in [9.17, 15) is 4.79 Å². The van der Waals surface area contributed by atoms with Crippen LogP contribution in [0.25, 0.3) is 11.3 Å². The first-order chi connectivity index (χ1) is 10.5. The standard InChI is InChI=1S/C16H21N5O/c1-10-5-4-6-21(9-10)16-19-14(7-15(22)20-16)13-8-17-12(3)18-11(13)2/h7-8,10H,4-6,9H2,1-3H3,(H,19,20,22). The van der Waals surface area contributed by atoms with Crippen molar-refractivity contribution in [2.75, 3.05) is 18.0 Å². The number of hydrogen-bond acceptors (Lipinski definition) is 5. The fourth-order valence-electron chi connectivity index (χ4n) is 2.95. The molecule has 0 aromatic carbocycles. The molecule has 116 valence electrons. The molecule has 3 heterocycles. The Balaban J connectivity index is 2.01. The number of hydrogen-bond donors (Lipinski definition) is 1. The minimum atomic E-state index is -0.141. The zero-order chi connectivity index (χ0) is 15.7. The van der Waals surface area contributed by atoms with Gasteiger partial charge >= 0.3 is 0 Å². The second-order valence-electron chi connectivity index (χ2n) is 6.06. The Morgan fingerprint density at radius 3 is 2.86 bits per heavy atom. The molecule has 2 aromatic heterocycles. The minimum absolute atomic E-state index is 0.141. The molecule has 0 radical (unpaired) electrons. The molecule has 0 spiro atoms. The van der Waals surface area contributed by atoms with Crippen molar-refractivity contribution >= 4 is 5.95 Å². The first kappa shape index (κ1) is 14.7. The first-order valence-corrected chi connectivity index (χ1v) is 7.70. The maximum absolute atomic E-state index is 12.0. The fraction of sp³-hybridized carbons (Fsp3) is 0.500. The average molecular weight is 299 g/mol. The van der Waals surface area contributed by atoms with E-state index in [1.54, 1.807) is 6.20 Å². The highest BCUT2D eigenvalue weighted by Gasteiger charge is 2.19. The van der Waals surface area contributed by atoms with Crippen LogP contribution in [-0.2, 0) is 0 Å². The van der Waals surface area contributed by atoms with E-state index in [1.807, 2.05) is 13.8 Å². The number of nitrogens with one attached hydrogen (secondary N) is 1. The summed E-state index contributed by atoms with van der Waals surface area (Å²) >= 11 is 0. The van der Waals surface area contributed by atoms with Gasteiger partial charge in [0.05, 0.1) is 11.4 Å². The van der Waals surface area contributed by atoms with Crippen LogP contribution in [0.5, 0.6) is 0 Å². The second kappa shape index (κ2) is 5.87. The predicted octanol–water partition coefficient (Wildman–Crippen LogP) is 2.08. The molecule has 3 rings (SSSR count). The number of aromatic nitrogens is 4. The van der Waals surface area contributed by atoms with Crippen LogP contribution < -0.4 is 10.5 Å². The van der Waals surface area contributed by atoms with E-state index in [0.717, 1.165) is 36.6 Å². The van der Waals surface area contributed by atoms with E-state index in [4.69, 9.17) is 0 Å². The summed E-state index contributed by atoms with van der Waals surface area (Å²) in [5, 5.41) is 0. The molecule has 0 amide bonds. The SMILES string of the molecule is Cc1ncc(-c2cc(=O)[nH]c(N3CCCC(C)C3)n2)c(C)n1. The molecule has 1 aliphatic heterocycles. The molecular weight excluding hydrogens is 278 g/mol. The zero-order valence-electron chi connectivity index (χ0n) is 13.3. The Hall–Kier alpha value is -2.24. The summed E-state index contributed by atoms with van der Waals surface area (Å²) in [6, 6.07) is 1.51. The van der Waals surface area contributed by atoms with Gasteiger partial charge in [-0.15, -0.1) is 0 Å². The van der Waals surface area contributed by atoms with Gasteiger partial charge in [-0.1, -0.05) is 6.92 Å². The lowest BCUT2D eigenvalue weighted by molar-refractivity contribution is 0.442. The summed E-state index contributed by atoms with van der Waals surface area (Å²) in [5.41, 5.74) is 2.14. The van der Waals surface area contributed by atoms with Crippen molar-refractivity contribution < 1.29 is 0 Å². The number of H-pyrrole nitrogens is 1. The summed E-state index contributed by atoms with van der Waals surface area (Å²) in [5.74, 6) is 1.98. The largest absolute Gasteiger partial charge is 0.342 e. The molecule has 0 bridgehead atoms. The lowest BCUT2D eigenvalue weighted by atomic mass is 10.0. The molecule has 1 aliphatic rings. The molecule has 0 aliphatic carbocycles. The Morgan fingerprint density at radius 1 is 1.32 bits per heavy atom. The van der Waals surface area contributed by atoms with Crippen molar-refractivity contribution in [2.45, 2.75) is 33.6 Å². The molecule has 1 N–H and O–H groups in total. The van der Waals surface area contributed by atoms with Crippen LogP contribution >= 0.6 is 0 Å². The number of anilines is 1. The van der Waals surface area contributed by atoms with Crippen LogP contribution in [-0.4, -0.2) is 33.0 Å². The van der Waals surface area contributed by atoms with Crippen molar-refractivity contribution in [1.82, 2.24) is 19.9 Å². The van der Waals surface area contributed by atoms with E-state index >= 15 is 0 Å². The van der Waals surface area contributed by atoms with Gasteiger partial charge in [-0.2, -0.15) is 0 Å². The van der Waals surface area contributed by atoms with Gasteiger partial charge in [0.1, 0.15) is 5.82 Å². The summed E-state index contributed by atoms with van der Waals surface area (Å²) < 4.78 is 0. The molecule has 1 saturated heterocycles. The van der Waals surface area contributed by atoms with Crippen LogP contribution in [0.2, 0.25) is 0 Å². The highest BCUT2D eigenvalue weighted by atomic mass is 16.1. The van der Waals surface area contributed by atoms with Gasteiger partial charge in [0.2, 0.25) is 5.95 Å². The summed E-state index contributed by atoms with van der Waals surface area (Å²) in [7, 11) is 0. The molecule has 2 aromatic rings. The maximum Gasteiger partial charge on any atom is 0.252 e. The Kier molecular flexibility index (Phi) is 3.92. The molecule has 6 heteroatoms. The summed E-state index contributed by atoms with van der Waals surface area (Å²) in [6.07, 6.45) is 4.09. The van der Waals surface area contributed by atoms with Crippen molar-refractivity contribution in [3.63, 3.8) is 0 Å². The molecule has 1 atom stereocenters. The molecule has 1 fully saturated rings. The van der Waals surface area contributed by atoms with Crippen molar-refractivity contribution in [3.8, 4) is 11.3 Å². The zero-order valence-corrected chi connectivity index (χ0v) is 13.3. The van der Waals surface area contributed by atoms with Crippen molar-refractivity contribution in [2.24, 2.45) is 5.92 Å². The first-order valence-electron chi connectivity index (χ1n) is 7.70. The number of nitrogens with zero attached hydrogens (tertiary/aromatic N) is 4. The van der Waals surface area contributed by atoms with Gasteiger partial charge in [0, 0.05) is 30.9 Å². The quantitative estimate of drug-likeness (QED) is 0.919. The summed E-state index contributed by atoms with van der Waals surface area (Å²) in [6.45, 7) is 7.85. The Labute approximate surface area is 129 Å². The molecule has 22 heavy (non-hydrogen) atoms. The van der Waals surface area contributed by atoms with Crippen LogP contribution in [0.3, 0.4) is 0 Å². The molecule has 0 saturated carbocycles. The molecular formula is C16H21N5O. The van der Waals surface area contributed by atoms with Crippen LogP contribution in [0.4, 0.5) is 5.95 Å². The number of piperidine rings is 1. The third-order valence-corrected chi connectivity index (χ3v) is 4.06. The topological polar surface area (TPSA) is 74.8 Å². The van der Waals surface area contributed by atoms with Gasteiger partial charge in [-0.3, -0.25) is 9.78 Å².